The third-order valence-electron chi connectivity index (χ3n) is 3.85. The van der Waals surface area contributed by atoms with Gasteiger partial charge in [-0.1, -0.05) is 53.5 Å². The van der Waals surface area contributed by atoms with Crippen molar-refractivity contribution >= 4 is 61.3 Å². The molecule has 0 spiro atoms. The summed E-state index contributed by atoms with van der Waals surface area (Å²) in [6.07, 6.45) is 1.75. The van der Waals surface area contributed by atoms with Crippen molar-refractivity contribution in [1.82, 2.24) is 5.43 Å². The minimum absolute atomic E-state index is 0.382. The van der Waals surface area contributed by atoms with Crippen molar-refractivity contribution in [1.29, 1.82) is 0 Å². The topological polar surface area (TPSA) is 33.6 Å². The van der Waals surface area contributed by atoms with E-state index in [0.717, 1.165) is 30.7 Å². The van der Waals surface area contributed by atoms with Gasteiger partial charge in [0.05, 0.1) is 21.7 Å². The van der Waals surface area contributed by atoms with Crippen LogP contribution in [0.2, 0.25) is 10.0 Å². The predicted octanol–water partition coefficient (Wildman–Crippen LogP) is 7.22. The van der Waals surface area contributed by atoms with Crippen LogP contribution in [0.5, 0.6) is 5.75 Å². The monoisotopic (exact) mass is 540 g/mol. The van der Waals surface area contributed by atoms with Gasteiger partial charge in [0.2, 0.25) is 0 Å². The van der Waals surface area contributed by atoms with Crippen molar-refractivity contribution in [3.8, 4) is 5.75 Å². The van der Waals surface area contributed by atoms with Gasteiger partial charge in [0.25, 0.3) is 0 Å². The van der Waals surface area contributed by atoms with Crippen LogP contribution in [0.3, 0.4) is 0 Å². The predicted molar refractivity (Wildman–Crippen MR) is 124 cm³/mol. The molecule has 0 aromatic heterocycles. The van der Waals surface area contributed by atoms with E-state index in [1.807, 2.05) is 60.7 Å². The van der Waals surface area contributed by atoms with Gasteiger partial charge in [-0.3, -0.25) is 0 Å². The number of nitrogens with zero attached hydrogens (tertiary/aromatic N) is 1. The Hall–Kier alpha value is -1.53. The minimum Gasteiger partial charge on any atom is -0.486 e. The second-order valence-corrected chi connectivity index (χ2v) is 8.47. The summed E-state index contributed by atoms with van der Waals surface area (Å²) in [5.41, 5.74) is 5.98. The minimum atomic E-state index is 0.382. The molecular formula is C21H16Br2Cl2N2O. The number of ether oxygens (including phenoxy) is 1. The number of hydrogen-bond acceptors (Lipinski definition) is 3. The first-order valence-electron chi connectivity index (χ1n) is 8.38. The molecule has 3 aromatic carbocycles. The molecule has 144 valence electrons. The van der Waals surface area contributed by atoms with E-state index in [1.54, 1.807) is 6.21 Å². The van der Waals surface area contributed by atoms with E-state index in [2.05, 4.69) is 42.4 Å². The van der Waals surface area contributed by atoms with Gasteiger partial charge >= 0.3 is 0 Å². The van der Waals surface area contributed by atoms with Gasteiger partial charge in [0, 0.05) is 15.6 Å². The van der Waals surface area contributed by atoms with Crippen molar-refractivity contribution in [2.24, 2.45) is 5.10 Å². The molecule has 3 aromatic rings. The van der Waals surface area contributed by atoms with Gasteiger partial charge in [-0.2, -0.15) is 5.10 Å². The maximum atomic E-state index is 6.18. The van der Waals surface area contributed by atoms with Gasteiger partial charge in [-0.25, -0.2) is 0 Å². The van der Waals surface area contributed by atoms with E-state index in [4.69, 9.17) is 27.9 Å². The lowest BCUT2D eigenvalue weighted by Gasteiger charge is -2.12. The van der Waals surface area contributed by atoms with Crippen LogP contribution < -0.4 is 10.2 Å². The fraction of sp³-hybridized carbons (Fsp3) is 0.0952. The normalized spacial score (nSPS) is 11.0. The van der Waals surface area contributed by atoms with Gasteiger partial charge in [0.1, 0.15) is 12.4 Å². The number of benzene rings is 3. The molecule has 0 unspecified atom stereocenters. The summed E-state index contributed by atoms with van der Waals surface area (Å²) in [4.78, 5) is 0. The van der Waals surface area contributed by atoms with Crippen LogP contribution in [-0.2, 0) is 13.2 Å². The molecule has 3 rings (SSSR count). The highest BCUT2D eigenvalue weighted by atomic mass is 79.9. The summed E-state index contributed by atoms with van der Waals surface area (Å²) in [6.45, 7) is 1.00. The van der Waals surface area contributed by atoms with Crippen LogP contribution in [0, 0.1) is 0 Å². The molecular weight excluding hydrogens is 527 g/mol. The maximum absolute atomic E-state index is 6.18. The molecule has 0 bridgehead atoms. The molecule has 1 N–H and O–H groups in total. The van der Waals surface area contributed by atoms with Crippen molar-refractivity contribution in [3.05, 3.63) is 96.3 Å². The zero-order valence-corrected chi connectivity index (χ0v) is 19.3. The molecule has 3 nitrogen and oxygen atoms in total. The summed E-state index contributed by atoms with van der Waals surface area (Å²) >= 11 is 19.2. The summed E-state index contributed by atoms with van der Waals surface area (Å²) in [7, 11) is 0. The van der Waals surface area contributed by atoms with Gasteiger partial charge < -0.3 is 10.2 Å². The van der Waals surface area contributed by atoms with Crippen molar-refractivity contribution in [2.75, 3.05) is 0 Å². The van der Waals surface area contributed by atoms with Crippen LogP contribution in [0.4, 0.5) is 0 Å². The Morgan fingerprint density at radius 1 is 0.964 bits per heavy atom. The Bertz CT molecular complexity index is 955. The molecule has 0 aliphatic heterocycles. The van der Waals surface area contributed by atoms with Gasteiger partial charge in [-0.05, 0) is 73.3 Å². The van der Waals surface area contributed by atoms with E-state index in [9.17, 15) is 0 Å². The van der Waals surface area contributed by atoms with Crippen molar-refractivity contribution in [3.63, 3.8) is 0 Å². The number of hydrogen-bond donors (Lipinski definition) is 1. The summed E-state index contributed by atoms with van der Waals surface area (Å²) in [6, 6.07) is 19.2. The highest BCUT2D eigenvalue weighted by Gasteiger charge is 2.10. The average molecular weight is 543 g/mol. The number of halogens is 4. The Labute approximate surface area is 191 Å². The Morgan fingerprint density at radius 2 is 1.64 bits per heavy atom. The summed E-state index contributed by atoms with van der Waals surface area (Å²) in [5.74, 6) is 0.714. The SMILES string of the molecule is Clc1ccc(CN/N=C\c2cc(Br)c(OCc3ccccc3Cl)c(Br)c2)cc1. The Morgan fingerprint density at radius 3 is 2.32 bits per heavy atom. The largest absolute Gasteiger partial charge is 0.486 e. The van der Waals surface area contributed by atoms with E-state index < -0.39 is 0 Å². The molecule has 0 aliphatic rings. The summed E-state index contributed by atoms with van der Waals surface area (Å²) in [5, 5.41) is 5.67. The zero-order valence-electron chi connectivity index (χ0n) is 14.6. The maximum Gasteiger partial charge on any atom is 0.148 e. The fourth-order valence-corrected chi connectivity index (χ4v) is 4.18. The average Bonchev–Trinajstić information content (AvgIpc) is 2.67. The molecule has 7 heteroatoms. The number of nitrogens with one attached hydrogen (secondary N) is 1. The second kappa shape index (κ2) is 10.3. The highest BCUT2D eigenvalue weighted by molar-refractivity contribution is 9.11. The smallest absolute Gasteiger partial charge is 0.148 e. The van der Waals surface area contributed by atoms with E-state index >= 15 is 0 Å². The van der Waals surface area contributed by atoms with E-state index in [1.165, 1.54) is 0 Å². The lowest BCUT2D eigenvalue weighted by Crippen LogP contribution is -2.05. The Kier molecular flexibility index (Phi) is 7.80. The van der Waals surface area contributed by atoms with Gasteiger partial charge in [0.15, 0.2) is 0 Å². The first-order valence-corrected chi connectivity index (χ1v) is 10.7. The van der Waals surface area contributed by atoms with Crippen LogP contribution in [0.1, 0.15) is 16.7 Å². The molecule has 0 fully saturated rings. The standard InChI is InChI=1S/C21H16Br2Cl2N2O/c22-18-9-15(12-27-26-11-14-5-7-17(24)8-6-14)10-19(23)21(18)28-13-16-3-1-2-4-20(16)25/h1-10,12,26H,11,13H2/b27-12-. The van der Waals surface area contributed by atoms with Gasteiger partial charge in [-0.15, -0.1) is 0 Å². The number of rotatable bonds is 7. The van der Waals surface area contributed by atoms with Crippen LogP contribution in [0.15, 0.2) is 74.7 Å². The second-order valence-electron chi connectivity index (χ2n) is 5.91. The molecule has 0 saturated heterocycles. The molecule has 0 saturated carbocycles. The lowest BCUT2D eigenvalue weighted by atomic mass is 10.2. The lowest BCUT2D eigenvalue weighted by molar-refractivity contribution is 0.302. The molecule has 0 aliphatic carbocycles. The Balaban J connectivity index is 1.61. The molecule has 0 radical (unpaired) electrons. The molecule has 0 amide bonds. The first kappa shape index (κ1) is 21.2. The first-order chi connectivity index (χ1) is 13.5. The van der Waals surface area contributed by atoms with Crippen molar-refractivity contribution < 1.29 is 4.74 Å². The van der Waals surface area contributed by atoms with Crippen molar-refractivity contribution in [2.45, 2.75) is 13.2 Å². The van der Waals surface area contributed by atoms with E-state index in [-0.39, 0.29) is 0 Å². The molecule has 28 heavy (non-hydrogen) atoms. The van der Waals surface area contributed by atoms with Crippen LogP contribution in [-0.4, -0.2) is 6.21 Å². The zero-order chi connectivity index (χ0) is 19.9. The molecule has 0 atom stereocenters. The van der Waals surface area contributed by atoms with Crippen LogP contribution >= 0.6 is 55.1 Å². The number of hydrazone groups is 1. The highest BCUT2D eigenvalue weighted by Crippen LogP contribution is 2.35. The third kappa shape index (κ3) is 5.98. The summed E-state index contributed by atoms with van der Waals surface area (Å²) < 4.78 is 7.59. The molecule has 0 heterocycles. The van der Waals surface area contributed by atoms with Crippen LogP contribution in [0.25, 0.3) is 0 Å². The van der Waals surface area contributed by atoms with E-state index in [0.29, 0.717) is 23.9 Å². The quantitative estimate of drug-likeness (QED) is 0.252. The fourth-order valence-electron chi connectivity index (χ4n) is 2.42. The third-order valence-corrected chi connectivity index (χ3v) is 5.65.